The molecule has 1 saturated carbocycles. The van der Waals surface area contributed by atoms with E-state index in [1.165, 1.54) is 33.9 Å². The van der Waals surface area contributed by atoms with E-state index in [-0.39, 0.29) is 18.0 Å². The summed E-state index contributed by atoms with van der Waals surface area (Å²) in [5, 5.41) is 14.7. The Morgan fingerprint density at radius 2 is 2.18 bits per heavy atom. The maximum Gasteiger partial charge on any atom is 0.292 e. The van der Waals surface area contributed by atoms with Crippen molar-refractivity contribution >= 4 is 11.4 Å². The maximum atomic E-state index is 14.3. The second-order valence-electron chi connectivity index (χ2n) is 8.24. The van der Waals surface area contributed by atoms with Gasteiger partial charge in [-0.3, -0.25) is 4.79 Å². The summed E-state index contributed by atoms with van der Waals surface area (Å²) in [6.45, 7) is 0.151. The van der Waals surface area contributed by atoms with Crippen molar-refractivity contribution in [1.29, 1.82) is 0 Å². The Balaban J connectivity index is 1.46. The molecular weight excluding hydrogens is 441 g/mol. The van der Waals surface area contributed by atoms with Gasteiger partial charge in [0.15, 0.2) is 5.69 Å². The Bertz CT molecular complexity index is 1390. The highest BCUT2D eigenvalue weighted by Gasteiger charge is 2.49. The first-order valence-electron chi connectivity index (χ1n) is 10.3. The molecule has 12 heteroatoms. The summed E-state index contributed by atoms with van der Waals surface area (Å²) in [4.78, 5) is 25.9. The molecule has 33 heavy (non-hydrogen) atoms. The molecule has 1 aliphatic heterocycles. The number of aliphatic hydroxyl groups is 1. The predicted molar refractivity (Wildman–Crippen MR) is 105 cm³/mol. The second-order valence-corrected chi connectivity index (χ2v) is 8.24. The molecule has 1 fully saturated rings. The van der Waals surface area contributed by atoms with Crippen molar-refractivity contribution < 1.29 is 27.5 Å². The van der Waals surface area contributed by atoms with Gasteiger partial charge in [-0.05, 0) is 31.0 Å². The molecule has 0 saturated heterocycles. The summed E-state index contributed by atoms with van der Waals surface area (Å²) in [7, 11) is 0. The summed E-state index contributed by atoms with van der Waals surface area (Å²) in [5.41, 5.74) is -0.464. The number of rotatable bonds is 4. The van der Waals surface area contributed by atoms with Gasteiger partial charge in [0.2, 0.25) is 11.7 Å². The highest BCUT2D eigenvalue weighted by molar-refractivity contribution is 5.93. The molecule has 1 aliphatic carbocycles. The molecule has 0 bridgehead atoms. The molecule has 170 valence electrons. The Hall–Kier alpha value is -3.67. The van der Waals surface area contributed by atoms with Gasteiger partial charge in [-0.2, -0.15) is 5.10 Å². The number of alkyl halides is 2. The van der Waals surface area contributed by atoms with E-state index in [4.69, 9.17) is 4.42 Å². The van der Waals surface area contributed by atoms with Gasteiger partial charge in [0.1, 0.15) is 23.0 Å². The van der Waals surface area contributed by atoms with E-state index in [1.54, 1.807) is 6.20 Å². The van der Waals surface area contributed by atoms with Gasteiger partial charge in [-0.1, -0.05) is 0 Å². The first kappa shape index (κ1) is 20.0. The second kappa shape index (κ2) is 6.91. The average Bonchev–Trinajstić information content (AvgIpc) is 3.24. The molecule has 4 aromatic heterocycles. The number of oxazole rings is 1. The molecule has 6 rings (SSSR count). The zero-order chi connectivity index (χ0) is 22.9. The number of amides is 1. The molecule has 0 radical (unpaired) electrons. The number of nitrogens with one attached hydrogen (secondary N) is 1. The molecule has 2 N–H and O–H groups in total. The van der Waals surface area contributed by atoms with Crippen LogP contribution in [0.3, 0.4) is 0 Å². The molecule has 4 aromatic rings. The van der Waals surface area contributed by atoms with Crippen molar-refractivity contribution in [3.63, 3.8) is 0 Å². The fourth-order valence-electron chi connectivity index (χ4n) is 4.22. The lowest BCUT2D eigenvalue weighted by Crippen LogP contribution is -2.41. The number of fused-ring (bicyclic) bond motifs is 2. The van der Waals surface area contributed by atoms with Crippen LogP contribution in [0.1, 0.15) is 64.5 Å². The van der Waals surface area contributed by atoms with Crippen LogP contribution in [-0.2, 0) is 12.0 Å². The number of hydrogen-bond donors (Lipinski definition) is 2. The number of aromatic amines is 1. The van der Waals surface area contributed by atoms with Crippen LogP contribution >= 0.6 is 0 Å². The van der Waals surface area contributed by atoms with Crippen LogP contribution in [0.25, 0.3) is 5.52 Å². The van der Waals surface area contributed by atoms with Crippen molar-refractivity contribution in [3.8, 4) is 0 Å². The van der Waals surface area contributed by atoms with E-state index < -0.39 is 41.2 Å². The van der Waals surface area contributed by atoms with Gasteiger partial charge in [-0.15, -0.1) is 0 Å². The molecule has 0 aromatic carbocycles. The first-order chi connectivity index (χ1) is 15.9. The molecule has 5 heterocycles. The third kappa shape index (κ3) is 3.04. The summed E-state index contributed by atoms with van der Waals surface area (Å²) in [6, 6.07) is 3.42. The van der Waals surface area contributed by atoms with Crippen LogP contribution in [0.5, 0.6) is 0 Å². The van der Waals surface area contributed by atoms with Crippen molar-refractivity contribution in [2.45, 2.75) is 37.3 Å². The normalized spacial score (nSPS) is 19.3. The fourth-order valence-corrected chi connectivity index (χ4v) is 4.22. The van der Waals surface area contributed by atoms with Gasteiger partial charge < -0.3 is 19.4 Å². The molecule has 0 unspecified atom stereocenters. The van der Waals surface area contributed by atoms with Gasteiger partial charge in [0.05, 0.1) is 17.7 Å². The minimum absolute atomic E-state index is 0.151. The van der Waals surface area contributed by atoms with E-state index in [2.05, 4.69) is 20.1 Å². The Morgan fingerprint density at radius 1 is 1.36 bits per heavy atom. The lowest BCUT2D eigenvalue weighted by molar-refractivity contribution is 0.0624. The Kier molecular flexibility index (Phi) is 4.18. The minimum Gasteiger partial charge on any atom is -0.432 e. The average molecular weight is 458 g/mol. The number of carbonyl (C=O) groups excluding carboxylic acids is 1. The topological polar surface area (TPSA) is 113 Å². The molecule has 1 amide bonds. The molecule has 1 atom stereocenters. The van der Waals surface area contributed by atoms with Crippen molar-refractivity contribution in [2.75, 3.05) is 6.54 Å². The van der Waals surface area contributed by atoms with E-state index in [0.717, 1.165) is 5.69 Å². The Labute approximate surface area is 183 Å². The van der Waals surface area contributed by atoms with Gasteiger partial charge in [0, 0.05) is 24.9 Å². The standard InChI is InChI=1S/C21H17F3N6O3/c22-10-2-1-6-30-13(10)8-12(28-30)16-14-11(25-9-26-14)3-7-29(16)19(31)17-15(18(23)24)27-20(33-17)21(32)4-5-21/h1-2,6,8-9,16,18,32H,3-5,7H2,(H,25,26)/t16-/m0/s1. The summed E-state index contributed by atoms with van der Waals surface area (Å²) in [5.74, 6) is -2.24. The van der Waals surface area contributed by atoms with Crippen LogP contribution in [-0.4, -0.2) is 47.0 Å². The summed E-state index contributed by atoms with van der Waals surface area (Å²) >= 11 is 0. The zero-order valence-corrected chi connectivity index (χ0v) is 17.0. The van der Waals surface area contributed by atoms with Gasteiger partial charge >= 0.3 is 0 Å². The number of nitrogens with zero attached hydrogens (tertiary/aromatic N) is 5. The quantitative estimate of drug-likeness (QED) is 0.486. The number of imidazole rings is 1. The van der Waals surface area contributed by atoms with Gasteiger partial charge in [-0.25, -0.2) is 27.7 Å². The summed E-state index contributed by atoms with van der Waals surface area (Å²) < 4.78 is 48.5. The maximum absolute atomic E-state index is 14.3. The van der Waals surface area contributed by atoms with Crippen LogP contribution in [0, 0.1) is 5.82 Å². The number of aromatic nitrogens is 5. The minimum atomic E-state index is -3.07. The van der Waals surface area contributed by atoms with E-state index >= 15 is 0 Å². The first-order valence-corrected chi connectivity index (χ1v) is 10.3. The lowest BCUT2D eigenvalue weighted by Gasteiger charge is -2.33. The fraction of sp³-hybridized carbons (Fsp3) is 0.333. The van der Waals surface area contributed by atoms with Crippen LogP contribution in [0.2, 0.25) is 0 Å². The number of halogens is 3. The molecule has 2 aliphatic rings. The molecule has 9 nitrogen and oxygen atoms in total. The molecule has 0 spiro atoms. The Morgan fingerprint density at radius 3 is 2.91 bits per heavy atom. The van der Waals surface area contributed by atoms with Crippen molar-refractivity contribution in [2.24, 2.45) is 0 Å². The summed E-state index contributed by atoms with van der Waals surface area (Å²) in [6.07, 6.45) is 1.00. The highest BCUT2D eigenvalue weighted by atomic mass is 19.3. The van der Waals surface area contributed by atoms with Crippen LogP contribution in [0.15, 0.2) is 35.1 Å². The van der Waals surface area contributed by atoms with Gasteiger partial charge in [0.25, 0.3) is 12.3 Å². The monoisotopic (exact) mass is 458 g/mol. The van der Waals surface area contributed by atoms with E-state index in [9.17, 15) is 23.1 Å². The zero-order valence-electron chi connectivity index (χ0n) is 17.0. The third-order valence-corrected chi connectivity index (χ3v) is 6.11. The predicted octanol–water partition coefficient (Wildman–Crippen LogP) is 2.89. The van der Waals surface area contributed by atoms with E-state index in [0.29, 0.717) is 30.7 Å². The largest absolute Gasteiger partial charge is 0.432 e. The number of H-pyrrole nitrogens is 1. The van der Waals surface area contributed by atoms with Crippen LogP contribution in [0.4, 0.5) is 13.2 Å². The smallest absolute Gasteiger partial charge is 0.292 e. The molecular formula is C21H17F3N6O3. The number of carbonyl (C=O) groups is 1. The lowest BCUT2D eigenvalue weighted by atomic mass is 9.99. The number of pyridine rings is 1. The highest BCUT2D eigenvalue weighted by Crippen LogP contribution is 2.46. The third-order valence-electron chi connectivity index (χ3n) is 6.11. The number of hydrogen-bond acceptors (Lipinski definition) is 6. The van der Waals surface area contributed by atoms with Crippen molar-refractivity contribution in [3.05, 3.63) is 71.0 Å². The van der Waals surface area contributed by atoms with Crippen LogP contribution < -0.4 is 0 Å². The SMILES string of the molecule is O=C(c1oc(C2(O)CC2)nc1C(F)F)N1CCc2[nH]cnc2[C@@H]1c1cc2c(F)cccn2n1. The van der Waals surface area contributed by atoms with E-state index in [1.807, 2.05) is 0 Å². The van der Waals surface area contributed by atoms with Crippen molar-refractivity contribution in [1.82, 2.24) is 29.5 Å².